The Morgan fingerprint density at radius 3 is 2.85 bits per heavy atom. The molecular formula is C16H14BrNOS. The Morgan fingerprint density at radius 1 is 1.20 bits per heavy atom. The number of aryl methyl sites for hydroxylation is 2. The summed E-state index contributed by atoms with van der Waals surface area (Å²) < 4.78 is 1.07. The molecule has 0 atom stereocenters. The second kappa shape index (κ2) is 5.94. The molecule has 20 heavy (non-hydrogen) atoms. The number of carbonyl (C=O) groups is 1. The summed E-state index contributed by atoms with van der Waals surface area (Å²) in [4.78, 5) is 12.9. The normalized spacial score (nSPS) is 13.7. The molecule has 0 saturated carbocycles. The molecule has 1 heterocycles. The fourth-order valence-electron chi connectivity index (χ4n) is 2.41. The van der Waals surface area contributed by atoms with E-state index in [1.807, 2.05) is 24.3 Å². The average Bonchev–Trinajstić information content (AvgIpc) is 3.04. The number of hydrogen-bond acceptors (Lipinski definition) is 2. The van der Waals surface area contributed by atoms with Gasteiger partial charge in [0.25, 0.3) is 0 Å². The topological polar surface area (TPSA) is 29.1 Å². The molecule has 0 spiro atoms. The number of thiophene rings is 1. The molecule has 3 rings (SSSR count). The van der Waals surface area contributed by atoms with Crippen LogP contribution in [0, 0.1) is 0 Å². The smallest absolute Gasteiger partial charge is 0.248 e. The van der Waals surface area contributed by atoms with Gasteiger partial charge in [0.15, 0.2) is 0 Å². The quantitative estimate of drug-likeness (QED) is 0.804. The predicted molar refractivity (Wildman–Crippen MR) is 88.1 cm³/mol. The number of fused-ring (bicyclic) bond motifs is 1. The van der Waals surface area contributed by atoms with E-state index in [0.29, 0.717) is 0 Å². The Labute approximate surface area is 130 Å². The summed E-state index contributed by atoms with van der Waals surface area (Å²) in [6.45, 7) is 0. The van der Waals surface area contributed by atoms with E-state index in [4.69, 9.17) is 0 Å². The lowest BCUT2D eigenvalue weighted by atomic mass is 10.1. The third-order valence-electron chi connectivity index (χ3n) is 3.36. The van der Waals surface area contributed by atoms with Gasteiger partial charge in [-0.25, -0.2) is 0 Å². The Balaban J connectivity index is 1.65. The number of hydrogen-bond donors (Lipinski definition) is 1. The number of halogens is 1. The van der Waals surface area contributed by atoms with Gasteiger partial charge in [-0.05, 0) is 76.7 Å². The minimum Gasteiger partial charge on any atom is -0.323 e. The van der Waals surface area contributed by atoms with Gasteiger partial charge < -0.3 is 5.32 Å². The third-order valence-corrected chi connectivity index (χ3v) is 4.95. The van der Waals surface area contributed by atoms with Crippen molar-refractivity contribution in [3.05, 3.63) is 56.2 Å². The third kappa shape index (κ3) is 3.19. The first-order chi connectivity index (χ1) is 9.70. The van der Waals surface area contributed by atoms with Gasteiger partial charge >= 0.3 is 0 Å². The summed E-state index contributed by atoms with van der Waals surface area (Å²) in [7, 11) is 0. The largest absolute Gasteiger partial charge is 0.323 e. The van der Waals surface area contributed by atoms with Crippen LogP contribution in [0.3, 0.4) is 0 Å². The number of rotatable bonds is 3. The van der Waals surface area contributed by atoms with Crippen LogP contribution in [0.1, 0.15) is 22.4 Å². The van der Waals surface area contributed by atoms with Crippen molar-refractivity contribution in [2.45, 2.75) is 19.3 Å². The maximum Gasteiger partial charge on any atom is 0.248 e. The van der Waals surface area contributed by atoms with Gasteiger partial charge in [0, 0.05) is 16.6 Å². The van der Waals surface area contributed by atoms with E-state index in [1.54, 1.807) is 17.4 Å². The molecule has 2 aromatic rings. The zero-order chi connectivity index (χ0) is 13.9. The highest BCUT2D eigenvalue weighted by molar-refractivity contribution is 9.11. The van der Waals surface area contributed by atoms with E-state index in [1.165, 1.54) is 17.5 Å². The van der Waals surface area contributed by atoms with Gasteiger partial charge in [-0.1, -0.05) is 6.07 Å². The zero-order valence-corrected chi connectivity index (χ0v) is 13.3. The highest BCUT2D eigenvalue weighted by Gasteiger charge is 2.11. The van der Waals surface area contributed by atoms with Gasteiger partial charge in [0.2, 0.25) is 5.91 Å². The first-order valence-electron chi connectivity index (χ1n) is 6.57. The number of amides is 1. The number of benzene rings is 1. The van der Waals surface area contributed by atoms with Gasteiger partial charge in [0.1, 0.15) is 0 Å². The van der Waals surface area contributed by atoms with E-state index in [2.05, 4.69) is 33.4 Å². The Kier molecular flexibility index (Phi) is 4.03. The highest BCUT2D eigenvalue weighted by Crippen LogP contribution is 2.25. The molecule has 4 heteroatoms. The van der Waals surface area contributed by atoms with Crippen molar-refractivity contribution in [2.24, 2.45) is 0 Å². The summed E-state index contributed by atoms with van der Waals surface area (Å²) in [5.41, 5.74) is 3.67. The summed E-state index contributed by atoms with van der Waals surface area (Å²) in [6, 6.07) is 10.2. The lowest BCUT2D eigenvalue weighted by Crippen LogP contribution is -2.07. The molecule has 0 radical (unpaired) electrons. The van der Waals surface area contributed by atoms with Crippen LogP contribution in [-0.2, 0) is 17.6 Å². The van der Waals surface area contributed by atoms with Crippen LogP contribution in [-0.4, -0.2) is 5.91 Å². The maximum atomic E-state index is 11.9. The van der Waals surface area contributed by atoms with E-state index >= 15 is 0 Å². The number of nitrogens with one attached hydrogen (secondary N) is 1. The lowest BCUT2D eigenvalue weighted by molar-refractivity contribution is -0.111. The Morgan fingerprint density at radius 2 is 2.05 bits per heavy atom. The lowest BCUT2D eigenvalue weighted by Gasteiger charge is -2.05. The summed E-state index contributed by atoms with van der Waals surface area (Å²) in [6.07, 6.45) is 6.92. The van der Waals surface area contributed by atoms with Crippen molar-refractivity contribution in [2.75, 3.05) is 5.32 Å². The van der Waals surface area contributed by atoms with Crippen LogP contribution in [0.4, 0.5) is 5.69 Å². The van der Waals surface area contributed by atoms with Crippen LogP contribution >= 0.6 is 27.3 Å². The molecule has 1 amide bonds. The summed E-state index contributed by atoms with van der Waals surface area (Å²) in [5.74, 6) is -0.0903. The predicted octanol–water partition coefficient (Wildman–Crippen LogP) is 4.65. The summed E-state index contributed by atoms with van der Waals surface area (Å²) >= 11 is 5.01. The molecule has 1 N–H and O–H groups in total. The first-order valence-corrected chi connectivity index (χ1v) is 8.18. The van der Waals surface area contributed by atoms with Crippen molar-refractivity contribution >= 4 is 44.9 Å². The molecule has 1 aromatic carbocycles. The first kappa shape index (κ1) is 13.6. The fourth-order valence-corrected chi connectivity index (χ4v) is 3.74. The number of anilines is 1. The summed E-state index contributed by atoms with van der Waals surface area (Å²) in [5, 5.41) is 2.92. The highest BCUT2D eigenvalue weighted by atomic mass is 79.9. The van der Waals surface area contributed by atoms with Gasteiger partial charge in [-0.3, -0.25) is 4.79 Å². The second-order valence-corrected chi connectivity index (χ2v) is 7.30. The van der Waals surface area contributed by atoms with Gasteiger partial charge in [0.05, 0.1) is 3.79 Å². The molecular weight excluding hydrogens is 334 g/mol. The molecule has 0 saturated heterocycles. The van der Waals surface area contributed by atoms with E-state index in [-0.39, 0.29) is 5.91 Å². The van der Waals surface area contributed by atoms with Crippen molar-refractivity contribution in [3.63, 3.8) is 0 Å². The van der Waals surface area contributed by atoms with E-state index < -0.39 is 0 Å². The molecule has 0 aliphatic heterocycles. The molecule has 102 valence electrons. The minimum atomic E-state index is -0.0903. The van der Waals surface area contributed by atoms with Crippen molar-refractivity contribution < 1.29 is 4.79 Å². The van der Waals surface area contributed by atoms with Crippen LogP contribution in [0.15, 0.2) is 40.2 Å². The molecule has 0 fully saturated rings. The second-order valence-electron chi connectivity index (χ2n) is 4.80. The molecule has 2 nitrogen and oxygen atoms in total. The van der Waals surface area contributed by atoms with Crippen LogP contribution in [0.2, 0.25) is 0 Å². The van der Waals surface area contributed by atoms with Crippen LogP contribution in [0.5, 0.6) is 0 Å². The zero-order valence-electron chi connectivity index (χ0n) is 10.9. The molecule has 0 unspecified atom stereocenters. The van der Waals surface area contributed by atoms with Crippen LogP contribution in [0.25, 0.3) is 6.08 Å². The molecule has 0 bridgehead atoms. The maximum absolute atomic E-state index is 11.9. The average molecular weight is 348 g/mol. The fraction of sp³-hybridized carbons (Fsp3) is 0.188. The minimum absolute atomic E-state index is 0.0903. The number of carbonyl (C=O) groups excluding carboxylic acids is 1. The Hall–Kier alpha value is -1.39. The van der Waals surface area contributed by atoms with E-state index in [9.17, 15) is 4.79 Å². The molecule has 1 aliphatic rings. The van der Waals surface area contributed by atoms with Crippen molar-refractivity contribution in [3.8, 4) is 0 Å². The monoisotopic (exact) mass is 347 g/mol. The van der Waals surface area contributed by atoms with Crippen LogP contribution < -0.4 is 5.32 Å². The SMILES string of the molecule is O=C(/C=C/c1ccc(Br)s1)Nc1ccc2c(c1)CCC2. The van der Waals surface area contributed by atoms with E-state index in [0.717, 1.165) is 27.2 Å². The van der Waals surface area contributed by atoms with Gasteiger partial charge in [-0.2, -0.15) is 0 Å². The molecule has 1 aliphatic carbocycles. The molecule has 1 aromatic heterocycles. The standard InChI is InChI=1S/C16H14BrNOS/c17-15-8-6-14(20-15)7-9-16(19)18-13-5-4-11-2-1-3-12(11)10-13/h4-10H,1-3H2,(H,18,19)/b9-7+. The van der Waals surface area contributed by atoms with Crippen molar-refractivity contribution in [1.29, 1.82) is 0 Å². The van der Waals surface area contributed by atoms with Gasteiger partial charge in [-0.15, -0.1) is 11.3 Å². The van der Waals surface area contributed by atoms with Crippen molar-refractivity contribution in [1.82, 2.24) is 0 Å². The Bertz CT molecular complexity index is 675.